The summed E-state index contributed by atoms with van der Waals surface area (Å²) in [5.74, 6) is 0.681. The molecule has 2 aromatic heterocycles. The molecule has 0 aliphatic rings. The van der Waals surface area contributed by atoms with Gasteiger partial charge in [0.15, 0.2) is 0 Å². The number of hydrogen-bond donors (Lipinski definition) is 1. The molecule has 0 atom stereocenters. The summed E-state index contributed by atoms with van der Waals surface area (Å²) in [7, 11) is 1.86. The van der Waals surface area contributed by atoms with E-state index in [4.69, 9.17) is 5.73 Å². The second-order valence-corrected chi connectivity index (χ2v) is 5.75. The topological polar surface area (TPSA) is 56.7 Å². The summed E-state index contributed by atoms with van der Waals surface area (Å²) >= 11 is 2.13. The Balaban J connectivity index is 2.37. The molecule has 0 fully saturated rings. The van der Waals surface area contributed by atoms with Crippen LogP contribution in [0.15, 0.2) is 24.5 Å². The first kappa shape index (κ1) is 13.3. The molecule has 102 valence electrons. The zero-order chi connectivity index (χ0) is 14.4. The lowest BCUT2D eigenvalue weighted by atomic mass is 10.1. The Morgan fingerprint density at radius 1 is 1.25 bits per heavy atom. The molecular weight excluding hydrogens is 370 g/mol. The van der Waals surface area contributed by atoms with E-state index < -0.39 is 0 Å². The van der Waals surface area contributed by atoms with Gasteiger partial charge in [0, 0.05) is 27.8 Å². The second-order valence-electron chi connectivity index (χ2n) is 4.59. The van der Waals surface area contributed by atoms with Crippen molar-refractivity contribution in [1.29, 1.82) is 0 Å². The molecule has 3 aromatic rings. The zero-order valence-electron chi connectivity index (χ0n) is 11.0. The third-order valence-corrected chi connectivity index (χ3v) is 4.33. The third kappa shape index (κ3) is 1.86. The number of nitrogens with zero attached hydrogens (tertiary/aromatic N) is 3. The minimum absolute atomic E-state index is 0.207. The Labute approximate surface area is 129 Å². The minimum Gasteiger partial charge on any atom is -0.383 e. The Morgan fingerprint density at radius 2 is 2.00 bits per heavy atom. The quantitative estimate of drug-likeness (QED) is 0.658. The van der Waals surface area contributed by atoms with Gasteiger partial charge < -0.3 is 10.3 Å². The van der Waals surface area contributed by atoms with Gasteiger partial charge in [-0.25, -0.2) is 14.4 Å². The molecule has 0 amide bonds. The summed E-state index contributed by atoms with van der Waals surface area (Å²) < 4.78 is 17.5. The Kier molecular flexibility index (Phi) is 3.12. The van der Waals surface area contributed by atoms with Gasteiger partial charge in [-0.1, -0.05) is 6.07 Å². The number of nitrogen functional groups attached to an aromatic ring is 1. The number of aryl methyl sites for hydroxylation is 1. The van der Waals surface area contributed by atoms with Crippen molar-refractivity contribution >= 4 is 39.2 Å². The molecular formula is C14H12FIN4. The highest BCUT2D eigenvalue weighted by Crippen LogP contribution is 2.33. The van der Waals surface area contributed by atoms with Crippen LogP contribution < -0.4 is 5.73 Å². The van der Waals surface area contributed by atoms with Gasteiger partial charge in [-0.15, -0.1) is 0 Å². The molecule has 1 aromatic carbocycles. The highest BCUT2D eigenvalue weighted by molar-refractivity contribution is 14.1. The number of hydrogen-bond acceptors (Lipinski definition) is 3. The molecule has 3 rings (SSSR count). The van der Waals surface area contributed by atoms with Crippen LogP contribution in [0.2, 0.25) is 0 Å². The molecule has 0 aliphatic heterocycles. The van der Waals surface area contributed by atoms with E-state index in [1.54, 1.807) is 18.5 Å². The third-order valence-electron chi connectivity index (χ3n) is 3.47. The van der Waals surface area contributed by atoms with Crippen molar-refractivity contribution in [3.63, 3.8) is 0 Å². The van der Waals surface area contributed by atoms with Crippen molar-refractivity contribution in [3.05, 3.63) is 39.7 Å². The van der Waals surface area contributed by atoms with Crippen LogP contribution in [0.4, 0.5) is 10.2 Å². The van der Waals surface area contributed by atoms with E-state index in [0.717, 1.165) is 20.5 Å². The molecule has 4 nitrogen and oxygen atoms in total. The average Bonchev–Trinajstić information content (AvgIpc) is 2.75. The van der Waals surface area contributed by atoms with Crippen LogP contribution >= 0.6 is 22.6 Å². The number of nitrogens with two attached hydrogens (primary N) is 1. The molecule has 2 N–H and O–H groups in total. The van der Waals surface area contributed by atoms with Crippen molar-refractivity contribution in [1.82, 2.24) is 14.5 Å². The first-order valence-electron chi connectivity index (χ1n) is 6.01. The monoisotopic (exact) mass is 382 g/mol. The summed E-state index contributed by atoms with van der Waals surface area (Å²) in [4.78, 5) is 8.24. The first-order valence-corrected chi connectivity index (χ1v) is 7.09. The average molecular weight is 382 g/mol. The summed E-state index contributed by atoms with van der Waals surface area (Å²) in [6.45, 7) is 1.88. The molecule has 0 radical (unpaired) electrons. The minimum atomic E-state index is -0.353. The number of imidazole rings is 1. The van der Waals surface area contributed by atoms with Crippen LogP contribution in [-0.2, 0) is 7.05 Å². The van der Waals surface area contributed by atoms with Crippen LogP contribution in [0.3, 0.4) is 0 Å². The van der Waals surface area contributed by atoms with E-state index in [2.05, 4.69) is 32.6 Å². The molecule has 0 saturated carbocycles. The molecule has 0 spiro atoms. The normalized spacial score (nSPS) is 11.2. The molecule has 0 aliphatic carbocycles. The van der Waals surface area contributed by atoms with Crippen molar-refractivity contribution in [2.24, 2.45) is 7.05 Å². The van der Waals surface area contributed by atoms with Gasteiger partial charge in [0.1, 0.15) is 17.5 Å². The van der Waals surface area contributed by atoms with E-state index in [1.807, 2.05) is 24.6 Å². The molecule has 2 heterocycles. The number of halogens is 2. The largest absolute Gasteiger partial charge is 0.383 e. The number of rotatable bonds is 1. The maximum Gasteiger partial charge on any atom is 0.144 e. The second kappa shape index (κ2) is 4.69. The highest BCUT2D eigenvalue weighted by Gasteiger charge is 2.16. The summed E-state index contributed by atoms with van der Waals surface area (Å²) in [6, 6.07) is 3.63. The molecule has 0 unspecified atom stereocenters. The predicted molar refractivity (Wildman–Crippen MR) is 85.8 cm³/mol. The first-order chi connectivity index (χ1) is 9.50. The van der Waals surface area contributed by atoms with E-state index in [-0.39, 0.29) is 11.6 Å². The fourth-order valence-corrected chi connectivity index (χ4v) is 2.82. The fraction of sp³-hybridized carbons (Fsp3) is 0.143. The van der Waals surface area contributed by atoms with Crippen molar-refractivity contribution in [2.75, 3.05) is 5.73 Å². The van der Waals surface area contributed by atoms with E-state index in [1.165, 1.54) is 0 Å². The van der Waals surface area contributed by atoms with Crippen molar-refractivity contribution in [3.8, 4) is 11.3 Å². The van der Waals surface area contributed by atoms with E-state index >= 15 is 0 Å². The Morgan fingerprint density at radius 3 is 2.65 bits per heavy atom. The molecule has 6 heteroatoms. The lowest BCUT2D eigenvalue weighted by Gasteiger charge is -2.10. The smallest absolute Gasteiger partial charge is 0.144 e. The van der Waals surface area contributed by atoms with Gasteiger partial charge in [-0.3, -0.25) is 0 Å². The van der Waals surface area contributed by atoms with Gasteiger partial charge in [-0.05, 0) is 35.6 Å². The van der Waals surface area contributed by atoms with Crippen LogP contribution in [0.25, 0.3) is 22.0 Å². The predicted octanol–water partition coefficient (Wildman–Crippen LogP) is 3.27. The summed E-state index contributed by atoms with van der Waals surface area (Å²) in [6.07, 6.45) is 3.31. The lowest BCUT2D eigenvalue weighted by molar-refractivity contribution is 0.641. The SMILES string of the molecule is Cc1ncc(-c2ccc3c(I)cnc(N)c3c2F)n1C. The standard InChI is InChI=1S/C14H12FIN4/c1-7-18-6-11(20(7)2)9-4-3-8-10(16)5-19-14(17)12(8)13(9)15/h3-6H,1-2H3,(H2,17,19). The molecule has 0 saturated heterocycles. The van der Waals surface area contributed by atoms with Gasteiger partial charge in [0.2, 0.25) is 0 Å². The maximum atomic E-state index is 14.8. The van der Waals surface area contributed by atoms with Crippen LogP contribution in [-0.4, -0.2) is 14.5 Å². The van der Waals surface area contributed by atoms with E-state index in [0.29, 0.717) is 10.9 Å². The summed E-state index contributed by atoms with van der Waals surface area (Å²) in [5, 5.41) is 1.14. The highest BCUT2D eigenvalue weighted by atomic mass is 127. The van der Waals surface area contributed by atoms with Crippen LogP contribution in [0.5, 0.6) is 0 Å². The van der Waals surface area contributed by atoms with Crippen molar-refractivity contribution in [2.45, 2.75) is 6.92 Å². The molecule has 0 bridgehead atoms. The number of fused-ring (bicyclic) bond motifs is 1. The number of benzene rings is 1. The van der Waals surface area contributed by atoms with Gasteiger partial charge in [0.25, 0.3) is 0 Å². The maximum absolute atomic E-state index is 14.8. The zero-order valence-corrected chi connectivity index (χ0v) is 13.1. The van der Waals surface area contributed by atoms with Gasteiger partial charge >= 0.3 is 0 Å². The summed E-state index contributed by atoms with van der Waals surface area (Å²) in [5.41, 5.74) is 7.04. The fourth-order valence-electron chi connectivity index (χ4n) is 2.24. The van der Waals surface area contributed by atoms with Gasteiger partial charge in [-0.2, -0.15) is 0 Å². The number of anilines is 1. The van der Waals surface area contributed by atoms with Crippen molar-refractivity contribution < 1.29 is 4.39 Å². The van der Waals surface area contributed by atoms with Crippen LogP contribution in [0.1, 0.15) is 5.82 Å². The van der Waals surface area contributed by atoms with Crippen LogP contribution in [0, 0.1) is 16.3 Å². The lowest BCUT2D eigenvalue weighted by Crippen LogP contribution is -2.00. The van der Waals surface area contributed by atoms with E-state index in [9.17, 15) is 4.39 Å². The Bertz CT molecular complexity index is 826. The number of aromatic nitrogens is 3. The van der Waals surface area contributed by atoms with Gasteiger partial charge in [0.05, 0.1) is 17.3 Å². The number of pyridine rings is 1. The Hall–Kier alpha value is -1.70. The molecule has 20 heavy (non-hydrogen) atoms.